The topological polar surface area (TPSA) is 66.2 Å². The summed E-state index contributed by atoms with van der Waals surface area (Å²) in [4.78, 5) is 13.1. The van der Waals surface area contributed by atoms with E-state index in [1.54, 1.807) is 24.3 Å². The first-order valence-electron chi connectivity index (χ1n) is 3.75. The quantitative estimate of drug-likeness (QED) is 0.690. The van der Waals surface area contributed by atoms with Gasteiger partial charge < -0.3 is 9.52 Å². The van der Waals surface area contributed by atoms with E-state index in [-0.39, 0.29) is 5.95 Å². The fourth-order valence-corrected chi connectivity index (χ4v) is 1.12. The van der Waals surface area contributed by atoms with Gasteiger partial charge in [0.1, 0.15) is 5.69 Å². The molecule has 2 aromatic rings. The van der Waals surface area contributed by atoms with E-state index in [0.717, 1.165) is 0 Å². The van der Waals surface area contributed by atoms with Crippen LogP contribution in [0.3, 0.4) is 0 Å². The summed E-state index contributed by atoms with van der Waals surface area (Å²) < 4.78 is 4.41. The summed E-state index contributed by atoms with van der Waals surface area (Å²) >= 11 is 0. The van der Waals surface area contributed by atoms with Gasteiger partial charge in [-0.05, 0) is 0 Å². The molecular formula is C9H7NO3. The summed E-state index contributed by atoms with van der Waals surface area (Å²) in [6.07, 6.45) is 0. The van der Waals surface area contributed by atoms with Gasteiger partial charge in [0.2, 0.25) is 0 Å². The van der Waals surface area contributed by atoms with Crippen LogP contribution >= 0.6 is 0 Å². The zero-order chi connectivity index (χ0) is 9.26. The van der Waals surface area contributed by atoms with Crippen molar-refractivity contribution in [1.82, 2.24) is 4.98 Å². The monoisotopic (exact) mass is 177 g/mol. The Morgan fingerprint density at radius 1 is 1.23 bits per heavy atom. The van der Waals surface area contributed by atoms with E-state index in [1.807, 2.05) is 6.07 Å². The first-order valence-corrected chi connectivity index (χ1v) is 3.75. The van der Waals surface area contributed by atoms with Gasteiger partial charge in [-0.15, -0.1) is 0 Å². The molecule has 0 aliphatic carbocycles. The van der Waals surface area contributed by atoms with Crippen LogP contribution in [-0.4, -0.2) is 10.1 Å². The van der Waals surface area contributed by atoms with Crippen LogP contribution in [0.4, 0.5) is 0 Å². The van der Waals surface area contributed by atoms with Gasteiger partial charge in [-0.2, -0.15) is 0 Å². The number of aromatic nitrogens is 1. The van der Waals surface area contributed by atoms with E-state index >= 15 is 0 Å². The molecule has 66 valence electrons. The Bertz CT molecular complexity index is 455. The molecule has 0 atom stereocenters. The highest BCUT2D eigenvalue weighted by atomic mass is 16.5. The third-order valence-electron chi connectivity index (χ3n) is 1.69. The number of aromatic hydroxyl groups is 1. The molecule has 0 saturated heterocycles. The number of rotatable bonds is 1. The van der Waals surface area contributed by atoms with Crippen molar-refractivity contribution < 1.29 is 9.52 Å². The summed E-state index contributed by atoms with van der Waals surface area (Å²) in [6.45, 7) is 0. The zero-order valence-electron chi connectivity index (χ0n) is 6.65. The Morgan fingerprint density at radius 2 is 1.92 bits per heavy atom. The number of oxazole rings is 1. The molecule has 2 rings (SSSR count). The minimum atomic E-state index is -0.656. The number of aromatic amines is 1. The van der Waals surface area contributed by atoms with Crippen molar-refractivity contribution in [3.05, 3.63) is 40.9 Å². The van der Waals surface area contributed by atoms with Gasteiger partial charge in [-0.1, -0.05) is 30.3 Å². The molecule has 13 heavy (non-hydrogen) atoms. The number of benzene rings is 1. The van der Waals surface area contributed by atoms with Crippen molar-refractivity contribution in [1.29, 1.82) is 0 Å². The lowest BCUT2D eigenvalue weighted by Crippen LogP contribution is -1.94. The Morgan fingerprint density at radius 3 is 2.46 bits per heavy atom. The average molecular weight is 177 g/mol. The molecule has 0 radical (unpaired) electrons. The van der Waals surface area contributed by atoms with Crippen molar-refractivity contribution in [3.8, 4) is 17.2 Å². The maximum absolute atomic E-state index is 10.7. The standard InChI is InChI=1S/C9H7NO3/c11-8-7(10-9(12)13-8)6-4-2-1-3-5-6/h1-5,11H,(H,10,12). The molecule has 0 saturated carbocycles. The van der Waals surface area contributed by atoms with Crippen molar-refractivity contribution in [2.75, 3.05) is 0 Å². The maximum Gasteiger partial charge on any atom is 0.419 e. The van der Waals surface area contributed by atoms with E-state index in [9.17, 15) is 9.90 Å². The second-order valence-electron chi connectivity index (χ2n) is 2.56. The van der Waals surface area contributed by atoms with E-state index < -0.39 is 5.76 Å². The van der Waals surface area contributed by atoms with Gasteiger partial charge in [0, 0.05) is 5.56 Å². The molecule has 0 aliphatic heterocycles. The minimum absolute atomic E-state index is 0.311. The normalized spacial score (nSPS) is 10.2. The molecule has 0 unspecified atom stereocenters. The van der Waals surface area contributed by atoms with Crippen LogP contribution in [-0.2, 0) is 0 Å². The average Bonchev–Trinajstić information content (AvgIpc) is 2.47. The van der Waals surface area contributed by atoms with Crippen molar-refractivity contribution in [3.63, 3.8) is 0 Å². The van der Waals surface area contributed by atoms with E-state index in [0.29, 0.717) is 11.3 Å². The molecule has 0 fully saturated rings. The van der Waals surface area contributed by atoms with Crippen LogP contribution < -0.4 is 5.76 Å². The molecule has 4 nitrogen and oxygen atoms in total. The molecule has 0 bridgehead atoms. The highest BCUT2D eigenvalue weighted by Gasteiger charge is 2.09. The molecule has 0 amide bonds. The predicted molar refractivity (Wildman–Crippen MR) is 46.4 cm³/mol. The minimum Gasteiger partial charge on any atom is -0.479 e. The first-order chi connectivity index (χ1) is 6.27. The predicted octanol–water partition coefficient (Wildman–Crippen LogP) is 1.34. The van der Waals surface area contributed by atoms with Crippen LogP contribution in [0.2, 0.25) is 0 Å². The maximum atomic E-state index is 10.7. The van der Waals surface area contributed by atoms with Crippen LogP contribution in [0.1, 0.15) is 0 Å². The summed E-state index contributed by atoms with van der Waals surface area (Å²) in [5.74, 6) is -1.03. The smallest absolute Gasteiger partial charge is 0.419 e. The number of hydrogen-bond acceptors (Lipinski definition) is 3. The van der Waals surface area contributed by atoms with Gasteiger partial charge in [0.05, 0.1) is 0 Å². The Labute approximate surface area is 73.5 Å². The van der Waals surface area contributed by atoms with Gasteiger partial charge in [0.15, 0.2) is 0 Å². The first kappa shape index (κ1) is 7.67. The van der Waals surface area contributed by atoms with Crippen LogP contribution in [0.15, 0.2) is 39.5 Å². The summed E-state index contributed by atoms with van der Waals surface area (Å²) in [5.41, 5.74) is 1.02. The largest absolute Gasteiger partial charge is 0.479 e. The molecule has 0 spiro atoms. The number of hydrogen-bond donors (Lipinski definition) is 2. The molecule has 4 heteroatoms. The Hall–Kier alpha value is -1.97. The SMILES string of the molecule is O=c1[nH]c(-c2ccccc2)c(O)o1. The molecule has 1 aromatic carbocycles. The highest BCUT2D eigenvalue weighted by molar-refractivity contribution is 5.62. The van der Waals surface area contributed by atoms with Gasteiger partial charge >= 0.3 is 11.7 Å². The zero-order valence-corrected chi connectivity index (χ0v) is 6.65. The van der Waals surface area contributed by atoms with Crippen molar-refractivity contribution >= 4 is 0 Å². The second-order valence-corrected chi connectivity index (χ2v) is 2.56. The van der Waals surface area contributed by atoms with Crippen molar-refractivity contribution in [2.24, 2.45) is 0 Å². The third kappa shape index (κ3) is 1.33. The highest BCUT2D eigenvalue weighted by Crippen LogP contribution is 2.24. The number of H-pyrrole nitrogens is 1. The molecule has 2 N–H and O–H groups in total. The summed E-state index contributed by atoms with van der Waals surface area (Å²) in [6, 6.07) is 8.99. The fraction of sp³-hybridized carbons (Fsp3) is 0. The van der Waals surface area contributed by atoms with Gasteiger partial charge in [-0.3, -0.25) is 4.98 Å². The van der Waals surface area contributed by atoms with Crippen LogP contribution in [0, 0.1) is 0 Å². The fourth-order valence-electron chi connectivity index (χ4n) is 1.12. The molecule has 0 aliphatic rings. The summed E-state index contributed by atoms with van der Waals surface area (Å²) in [7, 11) is 0. The van der Waals surface area contributed by atoms with E-state index in [2.05, 4.69) is 9.40 Å². The lowest BCUT2D eigenvalue weighted by atomic mass is 10.2. The van der Waals surface area contributed by atoms with Crippen molar-refractivity contribution in [2.45, 2.75) is 0 Å². The Kier molecular flexibility index (Phi) is 1.66. The van der Waals surface area contributed by atoms with Gasteiger partial charge in [0.25, 0.3) is 0 Å². The van der Waals surface area contributed by atoms with E-state index in [1.165, 1.54) is 0 Å². The lowest BCUT2D eigenvalue weighted by molar-refractivity contribution is 0.321. The van der Waals surface area contributed by atoms with Gasteiger partial charge in [-0.25, -0.2) is 4.79 Å². The Balaban J connectivity index is 2.59. The summed E-state index contributed by atoms with van der Waals surface area (Å²) in [5, 5.41) is 9.19. The third-order valence-corrected chi connectivity index (χ3v) is 1.69. The van der Waals surface area contributed by atoms with Crippen LogP contribution in [0.25, 0.3) is 11.3 Å². The number of nitrogens with one attached hydrogen (secondary N) is 1. The lowest BCUT2D eigenvalue weighted by Gasteiger charge is -1.94. The van der Waals surface area contributed by atoms with Crippen LogP contribution in [0.5, 0.6) is 5.95 Å². The molecule has 1 heterocycles. The second kappa shape index (κ2) is 2.82. The van der Waals surface area contributed by atoms with E-state index in [4.69, 9.17) is 0 Å². The molecule has 1 aromatic heterocycles. The molecular weight excluding hydrogens is 170 g/mol.